The van der Waals surface area contributed by atoms with Crippen LogP contribution in [0.5, 0.6) is 0 Å². The molecule has 0 spiro atoms. The minimum absolute atomic E-state index is 0.420. The van der Waals surface area contributed by atoms with E-state index in [2.05, 4.69) is 16.9 Å². The van der Waals surface area contributed by atoms with Gasteiger partial charge in [0.25, 0.3) is 0 Å². The van der Waals surface area contributed by atoms with Crippen molar-refractivity contribution in [2.45, 2.75) is 49.3 Å². The zero-order valence-electron chi connectivity index (χ0n) is 9.58. The summed E-state index contributed by atoms with van der Waals surface area (Å²) in [6.07, 6.45) is 7.79. The number of fused-ring (bicyclic) bond motifs is 1. The Labute approximate surface area is 106 Å². The van der Waals surface area contributed by atoms with Crippen molar-refractivity contribution >= 4 is 23.4 Å². The topological polar surface area (TPSA) is 25.8 Å². The molecule has 0 aromatic carbocycles. The molecule has 2 nitrogen and oxygen atoms in total. The number of rotatable bonds is 3. The van der Waals surface area contributed by atoms with E-state index < -0.39 is 0 Å². The van der Waals surface area contributed by atoms with Crippen molar-refractivity contribution in [1.29, 1.82) is 0 Å². The molecular weight excluding hydrogens is 240 g/mol. The van der Waals surface area contributed by atoms with Gasteiger partial charge in [0.2, 0.25) is 0 Å². The van der Waals surface area contributed by atoms with Gasteiger partial charge in [0.15, 0.2) is 0 Å². The third kappa shape index (κ3) is 2.89. The molecule has 0 amide bonds. The summed E-state index contributed by atoms with van der Waals surface area (Å²) >= 11 is 7.64. The average molecular weight is 257 g/mol. The van der Waals surface area contributed by atoms with Crippen molar-refractivity contribution < 1.29 is 0 Å². The van der Waals surface area contributed by atoms with Crippen LogP contribution in [0.25, 0.3) is 0 Å². The molecule has 1 aliphatic carbocycles. The molecular formula is C12H17ClN2S. The first-order valence-electron chi connectivity index (χ1n) is 5.86. The van der Waals surface area contributed by atoms with E-state index in [1.807, 2.05) is 0 Å². The highest BCUT2D eigenvalue weighted by Gasteiger charge is 2.16. The average Bonchev–Trinajstić information content (AvgIpc) is 2.54. The van der Waals surface area contributed by atoms with E-state index in [4.69, 9.17) is 11.6 Å². The summed E-state index contributed by atoms with van der Waals surface area (Å²) in [4.78, 5) is 8.83. The van der Waals surface area contributed by atoms with Gasteiger partial charge in [-0.2, -0.15) is 0 Å². The van der Waals surface area contributed by atoms with Crippen LogP contribution in [0.3, 0.4) is 0 Å². The SMILES string of the molecule is CC(CCl)Sc1ncnc2c1CCCCC2. The first-order valence-corrected chi connectivity index (χ1v) is 7.28. The highest BCUT2D eigenvalue weighted by molar-refractivity contribution is 8.00. The molecule has 16 heavy (non-hydrogen) atoms. The van der Waals surface area contributed by atoms with Gasteiger partial charge in [-0.15, -0.1) is 23.4 Å². The molecule has 1 aromatic heterocycles. The van der Waals surface area contributed by atoms with E-state index in [0.717, 1.165) is 17.9 Å². The third-order valence-corrected chi connectivity index (χ3v) is 4.66. The maximum atomic E-state index is 5.85. The molecule has 0 saturated carbocycles. The molecule has 0 aliphatic heterocycles. The van der Waals surface area contributed by atoms with Gasteiger partial charge >= 0.3 is 0 Å². The molecule has 1 aliphatic rings. The second-order valence-electron chi connectivity index (χ2n) is 4.25. The number of hydrogen-bond donors (Lipinski definition) is 0. The summed E-state index contributed by atoms with van der Waals surface area (Å²) < 4.78 is 0. The lowest BCUT2D eigenvalue weighted by Crippen LogP contribution is -2.04. The maximum absolute atomic E-state index is 5.85. The van der Waals surface area contributed by atoms with Crippen molar-refractivity contribution in [2.75, 3.05) is 5.88 Å². The second kappa shape index (κ2) is 5.87. The summed E-state index contributed by atoms with van der Waals surface area (Å²) in [6.45, 7) is 2.14. The lowest BCUT2D eigenvalue weighted by atomic mass is 10.1. The number of alkyl halides is 1. The van der Waals surface area contributed by atoms with Crippen LogP contribution in [0.4, 0.5) is 0 Å². The van der Waals surface area contributed by atoms with E-state index in [-0.39, 0.29) is 0 Å². The predicted molar refractivity (Wildman–Crippen MR) is 69.3 cm³/mol. The molecule has 1 atom stereocenters. The molecule has 88 valence electrons. The lowest BCUT2D eigenvalue weighted by molar-refractivity contribution is 0.707. The van der Waals surface area contributed by atoms with Crippen molar-refractivity contribution in [3.05, 3.63) is 17.6 Å². The van der Waals surface area contributed by atoms with E-state index in [0.29, 0.717) is 11.1 Å². The smallest absolute Gasteiger partial charge is 0.116 e. The minimum Gasteiger partial charge on any atom is -0.241 e. The van der Waals surface area contributed by atoms with Crippen molar-refractivity contribution in [2.24, 2.45) is 0 Å². The van der Waals surface area contributed by atoms with Crippen LogP contribution in [-0.4, -0.2) is 21.1 Å². The van der Waals surface area contributed by atoms with Crippen molar-refractivity contribution in [3.63, 3.8) is 0 Å². The van der Waals surface area contributed by atoms with Gasteiger partial charge < -0.3 is 0 Å². The molecule has 1 heterocycles. The summed E-state index contributed by atoms with van der Waals surface area (Å²) in [7, 11) is 0. The Hall–Kier alpha value is -0.280. The van der Waals surface area contributed by atoms with Crippen molar-refractivity contribution in [3.8, 4) is 0 Å². The zero-order chi connectivity index (χ0) is 11.4. The molecule has 0 N–H and O–H groups in total. The number of aromatic nitrogens is 2. The van der Waals surface area contributed by atoms with Crippen LogP contribution in [0.1, 0.15) is 37.4 Å². The Morgan fingerprint density at radius 1 is 1.31 bits per heavy atom. The fourth-order valence-electron chi connectivity index (χ4n) is 1.99. The summed E-state index contributed by atoms with van der Waals surface area (Å²) in [6, 6.07) is 0. The molecule has 0 fully saturated rings. The van der Waals surface area contributed by atoms with Crippen LogP contribution in [0.15, 0.2) is 11.4 Å². The zero-order valence-corrected chi connectivity index (χ0v) is 11.2. The van der Waals surface area contributed by atoms with E-state index in [9.17, 15) is 0 Å². The Balaban J connectivity index is 2.24. The molecule has 2 rings (SSSR count). The van der Waals surface area contributed by atoms with E-state index in [1.54, 1.807) is 18.1 Å². The fourth-order valence-corrected chi connectivity index (χ4v) is 3.09. The van der Waals surface area contributed by atoms with Gasteiger partial charge in [-0.1, -0.05) is 13.3 Å². The largest absolute Gasteiger partial charge is 0.241 e. The van der Waals surface area contributed by atoms with Gasteiger partial charge in [0.05, 0.1) is 0 Å². The normalized spacial score (nSPS) is 17.6. The highest BCUT2D eigenvalue weighted by atomic mass is 35.5. The number of nitrogens with zero attached hydrogens (tertiary/aromatic N) is 2. The second-order valence-corrected chi connectivity index (χ2v) is 5.98. The highest BCUT2D eigenvalue weighted by Crippen LogP contribution is 2.30. The Bertz CT molecular complexity index is 357. The summed E-state index contributed by atoms with van der Waals surface area (Å²) in [5.41, 5.74) is 2.64. The fraction of sp³-hybridized carbons (Fsp3) is 0.667. The molecule has 4 heteroatoms. The van der Waals surface area contributed by atoms with Gasteiger partial charge in [-0.25, -0.2) is 9.97 Å². The standard InChI is InChI=1S/C12H17ClN2S/c1-9(7-13)16-12-10-5-3-2-4-6-11(10)14-8-15-12/h8-9H,2-7H2,1H3. The van der Waals surface area contributed by atoms with Crippen LogP contribution in [-0.2, 0) is 12.8 Å². The lowest BCUT2D eigenvalue weighted by Gasteiger charge is -2.12. The molecule has 0 radical (unpaired) electrons. The Morgan fingerprint density at radius 3 is 2.94 bits per heavy atom. The van der Waals surface area contributed by atoms with Crippen LogP contribution in [0, 0.1) is 0 Å². The Morgan fingerprint density at radius 2 is 2.12 bits per heavy atom. The van der Waals surface area contributed by atoms with Crippen LogP contribution < -0.4 is 0 Å². The summed E-state index contributed by atoms with van der Waals surface area (Å²) in [5, 5.41) is 1.57. The maximum Gasteiger partial charge on any atom is 0.116 e. The van der Waals surface area contributed by atoms with Gasteiger partial charge in [-0.3, -0.25) is 0 Å². The predicted octanol–water partition coefficient (Wildman–Crippen LogP) is 3.46. The molecule has 0 saturated heterocycles. The van der Waals surface area contributed by atoms with Crippen molar-refractivity contribution in [1.82, 2.24) is 9.97 Å². The van der Waals surface area contributed by atoms with Crippen LogP contribution in [0.2, 0.25) is 0 Å². The molecule has 1 unspecified atom stereocenters. The minimum atomic E-state index is 0.420. The van der Waals surface area contributed by atoms with Gasteiger partial charge in [0, 0.05) is 22.4 Å². The quantitative estimate of drug-likeness (QED) is 0.359. The monoisotopic (exact) mass is 256 g/mol. The number of halogens is 1. The number of thioether (sulfide) groups is 1. The number of aryl methyl sites for hydroxylation is 1. The van der Waals surface area contributed by atoms with Crippen LogP contribution >= 0.6 is 23.4 Å². The van der Waals surface area contributed by atoms with Gasteiger partial charge in [0.1, 0.15) is 11.4 Å². The Kier molecular flexibility index (Phi) is 4.47. The molecule has 0 bridgehead atoms. The third-order valence-electron chi connectivity index (χ3n) is 2.87. The van der Waals surface area contributed by atoms with E-state index in [1.165, 1.54) is 30.5 Å². The summed E-state index contributed by atoms with van der Waals surface area (Å²) in [5.74, 6) is 0.670. The molecule has 1 aromatic rings. The van der Waals surface area contributed by atoms with Gasteiger partial charge in [-0.05, 0) is 25.7 Å². The van der Waals surface area contributed by atoms with E-state index >= 15 is 0 Å². The number of hydrogen-bond acceptors (Lipinski definition) is 3. The first-order chi connectivity index (χ1) is 7.81. The first kappa shape index (κ1) is 12.2.